The fourth-order valence-corrected chi connectivity index (χ4v) is 3.55. The van der Waals surface area contributed by atoms with Crippen molar-refractivity contribution in [2.45, 2.75) is 18.8 Å². The number of fused-ring (bicyclic) bond motifs is 1. The highest BCUT2D eigenvalue weighted by atomic mass is 16.5. The summed E-state index contributed by atoms with van der Waals surface area (Å²) in [6.45, 7) is 1.52. The van der Waals surface area contributed by atoms with E-state index in [-0.39, 0.29) is 5.91 Å². The van der Waals surface area contributed by atoms with Crippen molar-refractivity contribution < 1.29 is 9.53 Å². The van der Waals surface area contributed by atoms with Gasteiger partial charge >= 0.3 is 0 Å². The first kappa shape index (κ1) is 15.7. The minimum absolute atomic E-state index is 0.0674. The molecule has 0 bridgehead atoms. The molecule has 128 valence electrons. The molecule has 3 aromatic rings. The molecule has 0 saturated carbocycles. The van der Waals surface area contributed by atoms with Gasteiger partial charge in [-0.25, -0.2) is 0 Å². The Bertz CT molecular complexity index is 870. The van der Waals surface area contributed by atoms with Crippen molar-refractivity contribution in [3.63, 3.8) is 0 Å². The first-order chi connectivity index (χ1) is 12.2. The Morgan fingerprint density at radius 1 is 1.28 bits per heavy atom. The average molecular weight is 335 g/mol. The van der Waals surface area contributed by atoms with Gasteiger partial charge in [0.05, 0.1) is 18.1 Å². The number of benzene rings is 1. The van der Waals surface area contributed by atoms with E-state index in [4.69, 9.17) is 4.74 Å². The molecule has 5 heteroatoms. The van der Waals surface area contributed by atoms with Crippen molar-refractivity contribution in [1.29, 1.82) is 0 Å². The van der Waals surface area contributed by atoms with Crippen molar-refractivity contribution in [1.82, 2.24) is 14.9 Å². The van der Waals surface area contributed by atoms with Crippen molar-refractivity contribution in [2.24, 2.45) is 0 Å². The lowest BCUT2D eigenvalue weighted by atomic mass is 9.94. The van der Waals surface area contributed by atoms with E-state index >= 15 is 0 Å². The summed E-state index contributed by atoms with van der Waals surface area (Å²) in [4.78, 5) is 22.7. The fraction of sp³-hybridized carbons (Fsp3) is 0.300. The second-order valence-corrected chi connectivity index (χ2v) is 6.48. The van der Waals surface area contributed by atoms with Gasteiger partial charge in [0, 0.05) is 36.5 Å². The number of carbonyl (C=O) groups is 1. The van der Waals surface area contributed by atoms with Crippen LogP contribution >= 0.6 is 0 Å². The number of pyridine rings is 1. The van der Waals surface area contributed by atoms with E-state index < -0.39 is 0 Å². The van der Waals surface area contributed by atoms with Gasteiger partial charge in [-0.3, -0.25) is 9.78 Å². The SMILES string of the molecule is COc1cccc(C(=O)N2CCC[C@@H](c3cc4ncccc4[nH]3)C2)c1. The van der Waals surface area contributed by atoms with Crippen LogP contribution in [0.15, 0.2) is 48.7 Å². The molecule has 0 unspecified atom stereocenters. The average Bonchev–Trinajstić information content (AvgIpc) is 3.12. The zero-order valence-electron chi connectivity index (χ0n) is 14.2. The number of amides is 1. The molecule has 1 saturated heterocycles. The highest BCUT2D eigenvalue weighted by Gasteiger charge is 2.26. The predicted octanol–water partition coefficient (Wildman–Crippen LogP) is 3.59. The largest absolute Gasteiger partial charge is 0.497 e. The molecule has 1 N–H and O–H groups in total. The minimum atomic E-state index is 0.0674. The highest BCUT2D eigenvalue weighted by Crippen LogP contribution is 2.29. The van der Waals surface area contributed by atoms with Crippen LogP contribution in [0.1, 0.15) is 34.8 Å². The Morgan fingerprint density at radius 2 is 2.20 bits per heavy atom. The van der Waals surface area contributed by atoms with Gasteiger partial charge in [0.1, 0.15) is 5.75 Å². The van der Waals surface area contributed by atoms with Crippen molar-refractivity contribution in [2.75, 3.05) is 20.2 Å². The highest BCUT2D eigenvalue weighted by molar-refractivity contribution is 5.94. The summed E-state index contributed by atoms with van der Waals surface area (Å²) in [5.74, 6) is 1.09. The summed E-state index contributed by atoms with van der Waals surface area (Å²) < 4.78 is 5.23. The Morgan fingerprint density at radius 3 is 3.04 bits per heavy atom. The van der Waals surface area contributed by atoms with Gasteiger partial charge < -0.3 is 14.6 Å². The molecule has 4 rings (SSSR count). The molecule has 0 radical (unpaired) electrons. The Hall–Kier alpha value is -2.82. The van der Waals surface area contributed by atoms with Crippen LogP contribution in [0.4, 0.5) is 0 Å². The number of ether oxygens (including phenoxy) is 1. The molecule has 5 nitrogen and oxygen atoms in total. The van der Waals surface area contributed by atoms with E-state index in [1.54, 1.807) is 19.4 Å². The summed E-state index contributed by atoms with van der Waals surface area (Å²) in [6.07, 6.45) is 3.89. The second-order valence-electron chi connectivity index (χ2n) is 6.48. The molecular formula is C20H21N3O2. The third-order valence-electron chi connectivity index (χ3n) is 4.87. The number of carbonyl (C=O) groups excluding carboxylic acids is 1. The smallest absolute Gasteiger partial charge is 0.254 e. The molecule has 1 aromatic carbocycles. The van der Waals surface area contributed by atoms with Crippen molar-refractivity contribution >= 4 is 16.9 Å². The van der Waals surface area contributed by atoms with Gasteiger partial charge in [-0.2, -0.15) is 0 Å². The molecule has 0 aliphatic carbocycles. The van der Waals surface area contributed by atoms with Gasteiger partial charge in [0.25, 0.3) is 5.91 Å². The molecule has 2 aromatic heterocycles. The molecule has 1 amide bonds. The normalized spacial score (nSPS) is 17.6. The van der Waals surface area contributed by atoms with Crippen LogP contribution in [0.2, 0.25) is 0 Å². The molecule has 3 heterocycles. The predicted molar refractivity (Wildman–Crippen MR) is 97.0 cm³/mol. The Kier molecular flexibility index (Phi) is 4.14. The van der Waals surface area contributed by atoms with Crippen LogP contribution in [0, 0.1) is 0 Å². The monoisotopic (exact) mass is 335 g/mol. The number of hydrogen-bond acceptors (Lipinski definition) is 3. The van der Waals surface area contributed by atoms with Gasteiger partial charge in [-0.1, -0.05) is 6.07 Å². The van der Waals surface area contributed by atoms with Gasteiger partial charge in [-0.05, 0) is 49.2 Å². The van der Waals surface area contributed by atoms with E-state index in [1.165, 1.54) is 0 Å². The van der Waals surface area contributed by atoms with E-state index in [1.807, 2.05) is 35.2 Å². The van der Waals surface area contributed by atoms with Crippen LogP contribution < -0.4 is 4.74 Å². The molecule has 0 spiro atoms. The van der Waals surface area contributed by atoms with Crippen LogP contribution in [-0.2, 0) is 0 Å². The lowest BCUT2D eigenvalue weighted by Crippen LogP contribution is -2.39. The standard InChI is InChI=1S/C20H21N3O2/c1-25-16-7-2-5-14(11-16)20(24)23-10-4-6-15(13-23)18-12-19-17(22-18)8-3-9-21-19/h2-3,5,7-9,11-12,15,22H,4,6,10,13H2,1H3/t15-/m1/s1. The summed E-state index contributed by atoms with van der Waals surface area (Å²) in [6, 6.07) is 13.4. The lowest BCUT2D eigenvalue weighted by Gasteiger charge is -2.32. The van der Waals surface area contributed by atoms with E-state index in [0.717, 1.165) is 42.7 Å². The summed E-state index contributed by atoms with van der Waals surface area (Å²) >= 11 is 0. The van der Waals surface area contributed by atoms with E-state index in [9.17, 15) is 4.79 Å². The molecule has 1 aliphatic heterocycles. The van der Waals surface area contributed by atoms with Crippen LogP contribution in [0.3, 0.4) is 0 Å². The van der Waals surface area contributed by atoms with Crippen LogP contribution in [-0.4, -0.2) is 41.0 Å². The summed E-state index contributed by atoms with van der Waals surface area (Å²) in [7, 11) is 1.62. The molecule has 1 fully saturated rings. The van der Waals surface area contributed by atoms with Crippen LogP contribution in [0.5, 0.6) is 5.75 Å². The number of H-pyrrole nitrogens is 1. The molecule has 25 heavy (non-hydrogen) atoms. The van der Waals surface area contributed by atoms with Crippen molar-refractivity contribution in [3.05, 3.63) is 59.9 Å². The number of methoxy groups -OCH3 is 1. The maximum absolute atomic E-state index is 12.9. The first-order valence-electron chi connectivity index (χ1n) is 8.61. The van der Waals surface area contributed by atoms with Gasteiger partial charge in [0.15, 0.2) is 0 Å². The van der Waals surface area contributed by atoms with Crippen molar-refractivity contribution in [3.8, 4) is 5.75 Å². The Labute approximate surface area is 146 Å². The maximum Gasteiger partial charge on any atom is 0.254 e. The summed E-state index contributed by atoms with van der Waals surface area (Å²) in [5.41, 5.74) is 3.87. The van der Waals surface area contributed by atoms with Gasteiger partial charge in [0.2, 0.25) is 0 Å². The number of rotatable bonds is 3. The third kappa shape index (κ3) is 3.09. The number of hydrogen-bond donors (Lipinski definition) is 1. The number of aromatic amines is 1. The molecule has 1 atom stereocenters. The molecular weight excluding hydrogens is 314 g/mol. The number of nitrogens with one attached hydrogen (secondary N) is 1. The van der Waals surface area contributed by atoms with Crippen LogP contribution in [0.25, 0.3) is 11.0 Å². The second kappa shape index (κ2) is 6.59. The number of piperidine rings is 1. The maximum atomic E-state index is 12.9. The van der Waals surface area contributed by atoms with E-state index in [2.05, 4.69) is 16.0 Å². The van der Waals surface area contributed by atoms with E-state index in [0.29, 0.717) is 17.2 Å². The zero-order valence-corrected chi connectivity index (χ0v) is 14.2. The lowest BCUT2D eigenvalue weighted by molar-refractivity contribution is 0.0706. The number of nitrogens with zero attached hydrogens (tertiary/aromatic N) is 2. The third-order valence-corrected chi connectivity index (χ3v) is 4.87. The van der Waals surface area contributed by atoms with Gasteiger partial charge in [-0.15, -0.1) is 0 Å². The number of aromatic nitrogens is 2. The quantitative estimate of drug-likeness (QED) is 0.796. The minimum Gasteiger partial charge on any atom is -0.497 e. The Balaban J connectivity index is 1.54. The fourth-order valence-electron chi connectivity index (χ4n) is 3.55. The topological polar surface area (TPSA) is 58.2 Å². The summed E-state index contributed by atoms with van der Waals surface area (Å²) in [5, 5.41) is 0. The molecule has 1 aliphatic rings. The number of likely N-dealkylation sites (tertiary alicyclic amines) is 1. The first-order valence-corrected chi connectivity index (χ1v) is 8.61. The zero-order chi connectivity index (χ0) is 17.2.